The molecule has 0 aromatic rings. The molecule has 35 heavy (non-hydrogen) atoms. The third-order valence-electron chi connectivity index (χ3n) is 11.6. The van der Waals surface area contributed by atoms with E-state index in [1.807, 2.05) is 20.8 Å². The van der Waals surface area contributed by atoms with Gasteiger partial charge in [0.15, 0.2) is 5.78 Å². The molecule has 0 unspecified atom stereocenters. The van der Waals surface area contributed by atoms with Gasteiger partial charge in [0.05, 0.1) is 23.7 Å². The van der Waals surface area contributed by atoms with Crippen molar-refractivity contribution in [3.05, 3.63) is 23.3 Å². The van der Waals surface area contributed by atoms with Crippen LogP contribution in [0.5, 0.6) is 0 Å². The Morgan fingerprint density at radius 3 is 2.60 bits per heavy atom. The number of fused-ring (bicyclic) bond motifs is 4. The van der Waals surface area contributed by atoms with Gasteiger partial charge in [-0.05, 0) is 94.1 Å². The molecule has 11 atom stereocenters. The topological polar surface area (TPSA) is 117 Å². The summed E-state index contributed by atoms with van der Waals surface area (Å²) in [5.41, 5.74) is -1.78. The minimum Gasteiger partial charge on any atom is -0.456 e. The summed E-state index contributed by atoms with van der Waals surface area (Å²) >= 11 is 0. The highest BCUT2D eigenvalue weighted by Crippen LogP contribution is 2.73. The lowest BCUT2D eigenvalue weighted by Gasteiger charge is -2.59. The lowest BCUT2D eigenvalue weighted by atomic mass is 9.44. The van der Waals surface area contributed by atoms with Crippen LogP contribution < -0.4 is 0 Å². The number of carbonyl (C=O) groups is 2. The van der Waals surface area contributed by atoms with Gasteiger partial charge in [0, 0.05) is 6.42 Å². The van der Waals surface area contributed by atoms with Crippen LogP contribution in [0.2, 0.25) is 0 Å². The number of esters is 1. The quantitative estimate of drug-likeness (QED) is 0.414. The van der Waals surface area contributed by atoms with Crippen LogP contribution in [0.15, 0.2) is 23.3 Å². The summed E-state index contributed by atoms with van der Waals surface area (Å²) in [6.45, 7) is 7.59. The van der Waals surface area contributed by atoms with Crippen LogP contribution >= 0.6 is 0 Å². The summed E-state index contributed by atoms with van der Waals surface area (Å²) < 4.78 is 11.9. The van der Waals surface area contributed by atoms with Crippen molar-refractivity contribution in [3.8, 4) is 0 Å². The Bertz CT molecular complexity index is 1040. The summed E-state index contributed by atoms with van der Waals surface area (Å²) in [6.07, 6.45) is 6.44. The Morgan fingerprint density at radius 2 is 1.91 bits per heavy atom. The zero-order valence-electron chi connectivity index (χ0n) is 21.1. The number of aliphatic hydroxyl groups is 3. The average molecular weight is 487 g/mol. The van der Waals surface area contributed by atoms with Gasteiger partial charge in [0.2, 0.25) is 0 Å². The number of aliphatic hydroxyl groups excluding tert-OH is 2. The van der Waals surface area contributed by atoms with Crippen LogP contribution in [0.3, 0.4) is 0 Å². The van der Waals surface area contributed by atoms with Gasteiger partial charge in [0.1, 0.15) is 23.4 Å². The maximum atomic E-state index is 13.3. The van der Waals surface area contributed by atoms with E-state index in [9.17, 15) is 24.9 Å². The molecule has 0 amide bonds. The molecule has 3 saturated carbocycles. The van der Waals surface area contributed by atoms with Gasteiger partial charge >= 0.3 is 5.97 Å². The number of ether oxygens (including phenoxy) is 2. The minimum absolute atomic E-state index is 0.0469. The first-order valence-electron chi connectivity index (χ1n) is 13.2. The average Bonchev–Trinajstić information content (AvgIpc) is 3.42. The molecule has 2 aliphatic heterocycles. The molecule has 192 valence electrons. The predicted molar refractivity (Wildman–Crippen MR) is 126 cm³/mol. The van der Waals surface area contributed by atoms with E-state index in [0.29, 0.717) is 23.8 Å². The van der Waals surface area contributed by atoms with Crippen LogP contribution in [-0.2, 0) is 19.1 Å². The number of ketones is 1. The van der Waals surface area contributed by atoms with Crippen molar-refractivity contribution < 1.29 is 34.4 Å². The Hall–Kier alpha value is -1.54. The Kier molecular flexibility index (Phi) is 4.95. The predicted octanol–water partition coefficient (Wildman–Crippen LogP) is 2.47. The molecule has 0 radical (unpaired) electrons. The fourth-order valence-corrected chi connectivity index (χ4v) is 9.72. The van der Waals surface area contributed by atoms with E-state index in [0.717, 1.165) is 37.7 Å². The smallest absolute Gasteiger partial charge is 0.336 e. The highest BCUT2D eigenvalue weighted by atomic mass is 16.6. The van der Waals surface area contributed by atoms with Crippen molar-refractivity contribution in [1.29, 1.82) is 0 Å². The van der Waals surface area contributed by atoms with E-state index in [1.165, 1.54) is 0 Å². The van der Waals surface area contributed by atoms with Crippen LogP contribution in [0.25, 0.3) is 0 Å². The first-order chi connectivity index (χ1) is 16.4. The zero-order valence-corrected chi connectivity index (χ0v) is 21.1. The molecule has 3 N–H and O–H groups in total. The Morgan fingerprint density at radius 1 is 1.17 bits per heavy atom. The number of allylic oxidation sites excluding steroid dienone is 1. The summed E-state index contributed by atoms with van der Waals surface area (Å²) in [6, 6.07) is 0. The highest BCUT2D eigenvalue weighted by molar-refractivity contribution is 5.98. The van der Waals surface area contributed by atoms with Gasteiger partial charge < -0.3 is 24.8 Å². The molecule has 6 aliphatic rings. The minimum atomic E-state index is -1.20. The van der Waals surface area contributed by atoms with Gasteiger partial charge in [-0.15, -0.1) is 0 Å². The maximum absolute atomic E-state index is 13.3. The molecule has 6 rings (SSSR count). The Balaban J connectivity index is 1.30. The van der Waals surface area contributed by atoms with Crippen LogP contribution in [0.4, 0.5) is 0 Å². The SMILES string of the molecule is CC1=C(CO)C(=O)O[C@@H]([C@](C)(O)[C@H]2CC[C@H]3[C@@H]4C[C@H]5O[C@]56[C@@H](O)C=CC(=O)[C@]6(C)[C@H]4CC[C@]23C)C1. The molecule has 0 bridgehead atoms. The molecule has 7 nitrogen and oxygen atoms in total. The monoisotopic (exact) mass is 486 g/mol. The molecular formula is C28H38O7. The second-order valence-corrected chi connectivity index (χ2v) is 12.8. The van der Waals surface area contributed by atoms with Crippen molar-refractivity contribution >= 4 is 11.8 Å². The molecule has 7 heteroatoms. The molecule has 4 fully saturated rings. The van der Waals surface area contributed by atoms with E-state index in [4.69, 9.17) is 9.47 Å². The molecule has 0 aromatic heterocycles. The number of hydrogen-bond donors (Lipinski definition) is 3. The number of carbonyl (C=O) groups excluding carboxylic acids is 2. The van der Waals surface area contributed by atoms with Crippen LogP contribution in [-0.4, -0.2) is 63.2 Å². The molecule has 1 spiro atoms. The van der Waals surface area contributed by atoms with Crippen molar-refractivity contribution in [2.75, 3.05) is 6.61 Å². The van der Waals surface area contributed by atoms with Gasteiger partial charge in [-0.3, -0.25) is 4.79 Å². The number of rotatable bonds is 3. The normalized spacial score (nSPS) is 52.1. The second kappa shape index (κ2) is 7.27. The van der Waals surface area contributed by atoms with Crippen molar-refractivity contribution in [2.24, 2.45) is 34.5 Å². The first kappa shape index (κ1) is 23.8. The van der Waals surface area contributed by atoms with E-state index in [1.54, 1.807) is 12.2 Å². The van der Waals surface area contributed by atoms with E-state index < -0.39 is 34.8 Å². The van der Waals surface area contributed by atoms with Crippen molar-refractivity contribution in [1.82, 2.24) is 0 Å². The van der Waals surface area contributed by atoms with E-state index in [-0.39, 0.29) is 35.7 Å². The van der Waals surface area contributed by atoms with Gasteiger partial charge in [-0.2, -0.15) is 0 Å². The van der Waals surface area contributed by atoms with E-state index in [2.05, 4.69) is 6.92 Å². The molecule has 0 aromatic carbocycles. The first-order valence-corrected chi connectivity index (χ1v) is 13.2. The third kappa shape index (κ3) is 2.76. The van der Waals surface area contributed by atoms with Crippen molar-refractivity contribution in [2.45, 2.75) is 95.7 Å². The highest BCUT2D eigenvalue weighted by Gasteiger charge is 2.80. The van der Waals surface area contributed by atoms with Gasteiger partial charge in [-0.25, -0.2) is 4.79 Å². The molecule has 4 aliphatic carbocycles. The Labute approximate surface area is 206 Å². The number of cyclic esters (lactones) is 1. The summed E-state index contributed by atoms with van der Waals surface area (Å²) in [5, 5.41) is 32.3. The third-order valence-corrected chi connectivity index (χ3v) is 11.6. The summed E-state index contributed by atoms with van der Waals surface area (Å²) in [4.78, 5) is 25.8. The lowest BCUT2D eigenvalue weighted by Crippen LogP contribution is -2.64. The molecule has 1 saturated heterocycles. The molecular weight excluding hydrogens is 448 g/mol. The zero-order chi connectivity index (χ0) is 25.1. The van der Waals surface area contributed by atoms with Crippen LogP contribution in [0, 0.1) is 34.5 Å². The summed E-state index contributed by atoms with van der Waals surface area (Å²) in [7, 11) is 0. The second-order valence-electron chi connectivity index (χ2n) is 12.8. The molecule has 2 heterocycles. The van der Waals surface area contributed by atoms with Crippen molar-refractivity contribution in [3.63, 3.8) is 0 Å². The maximum Gasteiger partial charge on any atom is 0.336 e. The van der Waals surface area contributed by atoms with Gasteiger partial charge in [-0.1, -0.05) is 12.5 Å². The standard InChI is InChI=1S/C28H38O7/c1-14-11-22(34-24(32)16(14)13-29)27(4,33)19-6-5-17-15-12-23-28(35-23)21(31)8-7-20(30)26(28,3)18(15)9-10-25(17,19)2/h7-8,15,17-19,21-23,29,31,33H,5-6,9-13H2,1-4H3/t15-,17-,18-,19-,21-,22+,23+,25-,26-,27+,28+/m0/s1. The summed E-state index contributed by atoms with van der Waals surface area (Å²) in [5.74, 6) is 0.251. The number of hydrogen-bond acceptors (Lipinski definition) is 7. The van der Waals surface area contributed by atoms with Crippen LogP contribution in [0.1, 0.15) is 66.2 Å². The number of epoxide rings is 1. The van der Waals surface area contributed by atoms with Gasteiger partial charge in [0.25, 0.3) is 0 Å². The fraction of sp³-hybridized carbons (Fsp3) is 0.786. The van der Waals surface area contributed by atoms with E-state index >= 15 is 0 Å². The lowest BCUT2D eigenvalue weighted by molar-refractivity contribution is -0.185. The fourth-order valence-electron chi connectivity index (χ4n) is 9.72. The largest absolute Gasteiger partial charge is 0.456 e.